The summed E-state index contributed by atoms with van der Waals surface area (Å²) in [4.78, 5) is 52.5. The van der Waals surface area contributed by atoms with Crippen molar-refractivity contribution in [2.24, 2.45) is 0 Å². The van der Waals surface area contributed by atoms with Crippen molar-refractivity contribution in [3.63, 3.8) is 0 Å². The molecule has 2 fully saturated rings. The number of nitrogens with zero attached hydrogens (tertiary/aromatic N) is 4. The molecule has 0 aliphatic carbocycles. The van der Waals surface area contributed by atoms with Gasteiger partial charge < -0.3 is 19.5 Å². The van der Waals surface area contributed by atoms with Crippen LogP contribution < -0.4 is 5.56 Å². The molecule has 0 aromatic carbocycles. The molecule has 2 aliphatic heterocycles. The summed E-state index contributed by atoms with van der Waals surface area (Å²) in [5.74, 6) is 0.693. The van der Waals surface area contributed by atoms with Gasteiger partial charge in [-0.3, -0.25) is 19.3 Å². The van der Waals surface area contributed by atoms with E-state index in [0.717, 1.165) is 28.4 Å². The molecule has 9 nitrogen and oxygen atoms in total. The van der Waals surface area contributed by atoms with Crippen molar-refractivity contribution in [1.82, 2.24) is 24.7 Å². The number of nitrogens with one attached hydrogen (secondary N) is 1. The second kappa shape index (κ2) is 9.46. The molecule has 1 N–H and O–H groups in total. The Kier molecular flexibility index (Phi) is 6.68. The maximum Gasteiger partial charge on any atom is 0.259 e. The molecule has 4 rings (SSSR count). The van der Waals surface area contributed by atoms with Gasteiger partial charge in [-0.15, -0.1) is 11.3 Å². The molecule has 2 aromatic heterocycles. The van der Waals surface area contributed by atoms with Crippen LogP contribution in [0.15, 0.2) is 4.79 Å². The topological polar surface area (TPSA) is 98.8 Å². The van der Waals surface area contributed by atoms with Gasteiger partial charge in [-0.1, -0.05) is 0 Å². The van der Waals surface area contributed by atoms with Crippen molar-refractivity contribution in [2.75, 3.05) is 59.0 Å². The molecular formula is C21H29N5O4S. The van der Waals surface area contributed by atoms with Crippen LogP contribution in [0.1, 0.15) is 22.7 Å². The maximum atomic E-state index is 12.7. The molecule has 2 saturated heterocycles. The van der Waals surface area contributed by atoms with E-state index in [1.807, 2.05) is 18.7 Å². The predicted molar refractivity (Wildman–Crippen MR) is 118 cm³/mol. The van der Waals surface area contributed by atoms with Gasteiger partial charge in [0.15, 0.2) is 0 Å². The van der Waals surface area contributed by atoms with Crippen molar-refractivity contribution < 1.29 is 14.3 Å². The van der Waals surface area contributed by atoms with Crippen molar-refractivity contribution in [1.29, 1.82) is 0 Å². The lowest BCUT2D eigenvalue weighted by Gasteiger charge is -2.36. The van der Waals surface area contributed by atoms with Crippen LogP contribution in [0, 0.1) is 13.8 Å². The number of hydrogen-bond donors (Lipinski definition) is 1. The number of fused-ring (bicyclic) bond motifs is 1. The fourth-order valence-electron chi connectivity index (χ4n) is 4.06. The highest BCUT2D eigenvalue weighted by Crippen LogP contribution is 2.25. The van der Waals surface area contributed by atoms with E-state index < -0.39 is 0 Å². The number of carbonyl (C=O) groups excluding carboxylic acids is 2. The summed E-state index contributed by atoms with van der Waals surface area (Å²) in [5.41, 5.74) is 0.833. The van der Waals surface area contributed by atoms with Crippen LogP contribution in [0.5, 0.6) is 0 Å². The number of H-pyrrole nitrogens is 1. The van der Waals surface area contributed by atoms with E-state index in [2.05, 4.69) is 14.9 Å². The highest BCUT2D eigenvalue weighted by Gasteiger charge is 2.25. The summed E-state index contributed by atoms with van der Waals surface area (Å²) in [6, 6.07) is 0. The molecule has 0 bridgehead atoms. The number of rotatable bonds is 5. The number of piperazine rings is 1. The number of ether oxygens (including phenoxy) is 1. The Morgan fingerprint density at radius 3 is 2.35 bits per heavy atom. The van der Waals surface area contributed by atoms with Gasteiger partial charge in [-0.2, -0.15) is 0 Å². The molecular weight excluding hydrogens is 418 g/mol. The number of aromatic amines is 1. The normalized spacial score (nSPS) is 18.0. The van der Waals surface area contributed by atoms with Gasteiger partial charge in [0.2, 0.25) is 11.8 Å². The zero-order valence-electron chi connectivity index (χ0n) is 18.1. The van der Waals surface area contributed by atoms with E-state index in [-0.39, 0.29) is 17.4 Å². The summed E-state index contributed by atoms with van der Waals surface area (Å²) < 4.78 is 5.32. The molecule has 4 heterocycles. The third-order valence-electron chi connectivity index (χ3n) is 6.11. The number of thiophene rings is 1. The number of aryl methyl sites for hydroxylation is 3. The van der Waals surface area contributed by atoms with Gasteiger partial charge in [0.25, 0.3) is 5.56 Å². The summed E-state index contributed by atoms with van der Waals surface area (Å²) in [6.45, 7) is 9.46. The van der Waals surface area contributed by atoms with Gasteiger partial charge in [-0.05, 0) is 19.4 Å². The smallest absolute Gasteiger partial charge is 0.259 e. The Balaban J connectivity index is 1.27. The lowest BCUT2D eigenvalue weighted by Crippen LogP contribution is -2.53. The number of morpholine rings is 1. The monoisotopic (exact) mass is 447 g/mol. The van der Waals surface area contributed by atoms with Crippen LogP contribution in [-0.4, -0.2) is 95.5 Å². The van der Waals surface area contributed by atoms with E-state index in [1.165, 1.54) is 11.3 Å². The minimum atomic E-state index is -0.137. The fourth-order valence-corrected chi connectivity index (χ4v) is 5.11. The lowest BCUT2D eigenvalue weighted by atomic mass is 10.2. The molecule has 2 aromatic rings. The number of hydrogen-bond acceptors (Lipinski definition) is 7. The van der Waals surface area contributed by atoms with Crippen LogP contribution in [0.2, 0.25) is 0 Å². The second-order valence-electron chi connectivity index (χ2n) is 8.13. The average molecular weight is 448 g/mol. The highest BCUT2D eigenvalue weighted by molar-refractivity contribution is 7.18. The molecule has 10 heteroatoms. The first-order valence-corrected chi connectivity index (χ1v) is 11.6. The van der Waals surface area contributed by atoms with Crippen LogP contribution in [0.4, 0.5) is 0 Å². The summed E-state index contributed by atoms with van der Waals surface area (Å²) in [5, 5.41) is 0.649. The van der Waals surface area contributed by atoms with E-state index in [0.29, 0.717) is 70.0 Å². The van der Waals surface area contributed by atoms with Crippen molar-refractivity contribution >= 4 is 33.4 Å². The molecule has 2 amide bonds. The molecule has 0 atom stereocenters. The number of amides is 2. The zero-order valence-corrected chi connectivity index (χ0v) is 18.9. The first-order chi connectivity index (χ1) is 14.9. The van der Waals surface area contributed by atoms with Gasteiger partial charge in [-0.25, -0.2) is 4.98 Å². The largest absolute Gasteiger partial charge is 0.379 e. The second-order valence-corrected chi connectivity index (χ2v) is 9.33. The number of carbonyl (C=O) groups is 2. The van der Waals surface area contributed by atoms with Crippen LogP contribution in [0.3, 0.4) is 0 Å². The number of aromatic nitrogens is 2. The predicted octanol–water partition coefficient (Wildman–Crippen LogP) is 0.537. The van der Waals surface area contributed by atoms with Gasteiger partial charge >= 0.3 is 0 Å². The summed E-state index contributed by atoms with van der Waals surface area (Å²) >= 11 is 1.51. The highest BCUT2D eigenvalue weighted by atomic mass is 32.1. The first kappa shape index (κ1) is 21.9. The Morgan fingerprint density at radius 1 is 1.03 bits per heavy atom. The zero-order chi connectivity index (χ0) is 22.0. The first-order valence-electron chi connectivity index (χ1n) is 10.8. The maximum absolute atomic E-state index is 12.7. The van der Waals surface area contributed by atoms with E-state index in [9.17, 15) is 14.4 Å². The minimum Gasteiger partial charge on any atom is -0.379 e. The molecule has 168 valence electrons. The van der Waals surface area contributed by atoms with Gasteiger partial charge in [0.05, 0.1) is 25.1 Å². The van der Waals surface area contributed by atoms with Gasteiger partial charge in [0.1, 0.15) is 10.7 Å². The van der Waals surface area contributed by atoms with Gasteiger partial charge in [0, 0.05) is 57.0 Å². The van der Waals surface area contributed by atoms with Crippen LogP contribution >= 0.6 is 11.3 Å². The third kappa shape index (κ3) is 4.97. The van der Waals surface area contributed by atoms with Crippen molar-refractivity contribution in [2.45, 2.75) is 26.7 Å². The summed E-state index contributed by atoms with van der Waals surface area (Å²) in [7, 11) is 0. The molecule has 0 saturated carbocycles. The fraction of sp³-hybridized carbons (Fsp3) is 0.619. The van der Waals surface area contributed by atoms with E-state index >= 15 is 0 Å². The Labute approximate surface area is 185 Å². The Bertz CT molecular complexity index is 1020. The van der Waals surface area contributed by atoms with Crippen molar-refractivity contribution in [3.05, 3.63) is 26.6 Å². The van der Waals surface area contributed by atoms with Crippen LogP contribution in [-0.2, 0) is 20.7 Å². The molecule has 31 heavy (non-hydrogen) atoms. The minimum absolute atomic E-state index is 0.0292. The third-order valence-corrected chi connectivity index (χ3v) is 7.21. The lowest BCUT2D eigenvalue weighted by molar-refractivity contribution is -0.140. The van der Waals surface area contributed by atoms with E-state index in [1.54, 1.807) is 4.90 Å². The standard InChI is InChI=1S/C21H29N5O4S/c1-14-15(2)31-21-19(14)20(29)22-16(23-21)3-4-17(27)25-5-7-26(8-6-25)18(28)13-24-9-11-30-12-10-24/h3-13H2,1-2H3,(H,22,23,29). The SMILES string of the molecule is Cc1sc2nc(CCC(=O)N3CCN(C(=O)CN4CCOCC4)CC3)[nH]c(=O)c2c1C. The molecule has 0 unspecified atom stereocenters. The molecule has 2 aliphatic rings. The Morgan fingerprint density at radius 2 is 1.68 bits per heavy atom. The average Bonchev–Trinajstić information content (AvgIpc) is 3.06. The molecule has 0 radical (unpaired) electrons. The summed E-state index contributed by atoms with van der Waals surface area (Å²) in [6.07, 6.45) is 0.690. The molecule has 0 spiro atoms. The van der Waals surface area contributed by atoms with Crippen molar-refractivity contribution in [3.8, 4) is 0 Å². The van der Waals surface area contributed by atoms with E-state index in [4.69, 9.17) is 4.74 Å². The Hall–Kier alpha value is -2.30. The van der Waals surface area contributed by atoms with Crippen LogP contribution in [0.25, 0.3) is 10.2 Å². The quantitative estimate of drug-likeness (QED) is 0.718.